The van der Waals surface area contributed by atoms with Crippen molar-refractivity contribution in [2.75, 3.05) is 0 Å². The lowest BCUT2D eigenvalue weighted by Gasteiger charge is -2.26. The number of carbonyl (C=O) groups excluding carboxylic acids is 5. The Kier molecular flexibility index (Phi) is 12.6. The van der Waals surface area contributed by atoms with E-state index in [2.05, 4.69) is 16.0 Å². The first-order chi connectivity index (χ1) is 15.1. The highest BCUT2D eigenvalue weighted by molar-refractivity contribution is 5.96. The molecule has 0 saturated carbocycles. The Balaban J connectivity index is 5.54. The Morgan fingerprint density at radius 2 is 1.27 bits per heavy atom. The first-order valence-corrected chi connectivity index (χ1v) is 10.3. The number of amides is 5. The molecule has 0 heterocycles. The van der Waals surface area contributed by atoms with Crippen LogP contribution in [0, 0.1) is 5.92 Å². The van der Waals surface area contributed by atoms with Crippen LogP contribution in [0.25, 0.3) is 0 Å². The van der Waals surface area contributed by atoms with E-state index in [0.29, 0.717) is 0 Å². The Hall–Kier alpha value is -3.26. The number of hydrogen-bond acceptors (Lipinski definition) is 8. The van der Waals surface area contributed by atoms with Gasteiger partial charge < -0.3 is 43.4 Å². The molecule has 14 heteroatoms. The van der Waals surface area contributed by atoms with Gasteiger partial charge >= 0.3 is 5.97 Å². The van der Waals surface area contributed by atoms with Gasteiger partial charge in [-0.25, -0.2) is 4.79 Å². The third kappa shape index (κ3) is 11.8. The molecule has 5 atom stereocenters. The van der Waals surface area contributed by atoms with Crippen LogP contribution in [0.3, 0.4) is 0 Å². The van der Waals surface area contributed by atoms with Crippen molar-refractivity contribution in [3.63, 3.8) is 0 Å². The molecule has 5 unspecified atom stereocenters. The number of carbonyl (C=O) groups is 6. The van der Waals surface area contributed by atoms with Gasteiger partial charge in [-0.05, 0) is 25.7 Å². The van der Waals surface area contributed by atoms with Gasteiger partial charge in [0.15, 0.2) is 0 Å². The minimum absolute atomic E-state index is 0.0857. The monoisotopic (exact) mass is 474 g/mol. The second-order valence-corrected chi connectivity index (χ2v) is 8.09. The second-order valence-electron chi connectivity index (χ2n) is 8.09. The van der Waals surface area contributed by atoms with Crippen LogP contribution in [0.15, 0.2) is 0 Å². The van der Waals surface area contributed by atoms with Gasteiger partial charge in [0.1, 0.15) is 24.2 Å². The summed E-state index contributed by atoms with van der Waals surface area (Å²) in [7, 11) is 0. The Bertz CT molecular complexity index is 742. The van der Waals surface area contributed by atoms with Gasteiger partial charge in [0, 0.05) is 6.42 Å². The number of aliphatic hydroxyl groups excluding tert-OH is 1. The van der Waals surface area contributed by atoms with E-state index in [-0.39, 0.29) is 25.2 Å². The number of primary amides is 2. The number of aliphatic hydroxyl groups is 1. The van der Waals surface area contributed by atoms with Crippen molar-refractivity contribution in [2.24, 2.45) is 23.1 Å². The van der Waals surface area contributed by atoms with Crippen molar-refractivity contribution < 1.29 is 39.0 Å². The molecule has 0 fully saturated rings. The van der Waals surface area contributed by atoms with Crippen LogP contribution in [0.4, 0.5) is 0 Å². The SMILES string of the molecule is CC(C)CC(NC(=O)C(N)C(C)O)C(=O)NC(CC(N)=O)C(=O)NC(CCC(N)=O)C(=O)O. The summed E-state index contributed by atoms with van der Waals surface area (Å²) in [4.78, 5) is 71.3. The summed E-state index contributed by atoms with van der Waals surface area (Å²) in [5.74, 6) is -5.96. The van der Waals surface area contributed by atoms with Crippen LogP contribution in [-0.2, 0) is 28.8 Å². The summed E-state index contributed by atoms with van der Waals surface area (Å²) >= 11 is 0. The fourth-order valence-electron chi connectivity index (χ4n) is 2.69. The Morgan fingerprint density at radius 1 is 0.788 bits per heavy atom. The molecule has 0 saturated heterocycles. The summed E-state index contributed by atoms with van der Waals surface area (Å²) in [6.45, 7) is 4.84. The average Bonchev–Trinajstić information content (AvgIpc) is 2.67. The quantitative estimate of drug-likeness (QED) is 0.116. The zero-order chi connectivity index (χ0) is 25.9. The van der Waals surface area contributed by atoms with Crippen LogP contribution >= 0.6 is 0 Å². The molecule has 5 amide bonds. The molecule has 0 aromatic rings. The maximum atomic E-state index is 12.8. The summed E-state index contributed by atoms with van der Waals surface area (Å²) < 4.78 is 0. The summed E-state index contributed by atoms with van der Waals surface area (Å²) in [6.07, 6.45) is -2.34. The molecule has 11 N–H and O–H groups in total. The normalized spacial score (nSPS) is 15.5. The molecular weight excluding hydrogens is 440 g/mol. The number of rotatable bonds is 15. The van der Waals surface area contributed by atoms with E-state index in [4.69, 9.17) is 17.2 Å². The van der Waals surface area contributed by atoms with Crippen LogP contribution in [0.1, 0.15) is 46.5 Å². The smallest absolute Gasteiger partial charge is 0.326 e. The number of nitrogens with one attached hydrogen (secondary N) is 3. The topological polar surface area (TPSA) is 257 Å². The predicted molar refractivity (Wildman–Crippen MR) is 115 cm³/mol. The lowest BCUT2D eigenvalue weighted by Crippen LogP contribution is -2.58. The van der Waals surface area contributed by atoms with Gasteiger partial charge in [-0.1, -0.05) is 13.8 Å². The molecular formula is C19H34N6O8. The average molecular weight is 475 g/mol. The van der Waals surface area contributed by atoms with Crippen LogP contribution in [0.5, 0.6) is 0 Å². The van der Waals surface area contributed by atoms with Crippen LogP contribution in [-0.4, -0.2) is 76.0 Å². The number of hydrogen-bond donors (Lipinski definition) is 8. The van der Waals surface area contributed by atoms with E-state index in [1.54, 1.807) is 13.8 Å². The highest BCUT2D eigenvalue weighted by atomic mass is 16.4. The van der Waals surface area contributed by atoms with E-state index in [9.17, 15) is 39.0 Å². The standard InChI is InChI=1S/C19H34N6O8/c1-8(2)6-11(25-18(31)15(22)9(3)26)16(29)24-12(7-14(21)28)17(30)23-10(19(32)33)4-5-13(20)27/h8-12,15,26H,4-7,22H2,1-3H3,(H2,20,27)(H2,21,28)(H,23,30)(H,24,29)(H,25,31)(H,32,33). The number of carboxylic acid groups (broad SMARTS) is 1. The Morgan fingerprint density at radius 3 is 1.70 bits per heavy atom. The van der Waals surface area contributed by atoms with Crippen molar-refractivity contribution in [3.05, 3.63) is 0 Å². The zero-order valence-corrected chi connectivity index (χ0v) is 18.9. The molecule has 33 heavy (non-hydrogen) atoms. The molecule has 0 aromatic carbocycles. The van der Waals surface area contributed by atoms with Crippen molar-refractivity contribution in [2.45, 2.75) is 76.7 Å². The van der Waals surface area contributed by atoms with Crippen molar-refractivity contribution in [1.29, 1.82) is 0 Å². The van der Waals surface area contributed by atoms with Gasteiger partial charge in [-0.3, -0.25) is 24.0 Å². The van der Waals surface area contributed by atoms with E-state index in [1.165, 1.54) is 6.92 Å². The molecule has 0 rings (SSSR count). The van der Waals surface area contributed by atoms with E-state index < -0.39 is 72.2 Å². The molecule has 0 spiro atoms. The highest BCUT2D eigenvalue weighted by Crippen LogP contribution is 2.07. The minimum atomic E-state index is -1.55. The zero-order valence-electron chi connectivity index (χ0n) is 18.9. The van der Waals surface area contributed by atoms with Crippen molar-refractivity contribution >= 4 is 35.5 Å². The largest absolute Gasteiger partial charge is 0.480 e. The summed E-state index contributed by atoms with van der Waals surface area (Å²) in [6, 6.07) is -5.54. The molecule has 188 valence electrons. The highest BCUT2D eigenvalue weighted by Gasteiger charge is 2.32. The van der Waals surface area contributed by atoms with E-state index >= 15 is 0 Å². The van der Waals surface area contributed by atoms with Gasteiger partial charge in [0.25, 0.3) is 0 Å². The second kappa shape index (κ2) is 14.0. The lowest BCUT2D eigenvalue weighted by molar-refractivity contribution is -0.142. The number of nitrogens with two attached hydrogens (primary N) is 3. The fourth-order valence-corrected chi connectivity index (χ4v) is 2.69. The molecule has 0 radical (unpaired) electrons. The molecule has 0 aromatic heterocycles. The first kappa shape index (κ1) is 29.7. The Labute approximate surface area is 191 Å². The minimum Gasteiger partial charge on any atom is -0.480 e. The molecule has 0 aliphatic heterocycles. The van der Waals surface area contributed by atoms with Crippen LogP contribution in [0.2, 0.25) is 0 Å². The van der Waals surface area contributed by atoms with Gasteiger partial charge in [-0.2, -0.15) is 0 Å². The van der Waals surface area contributed by atoms with Crippen LogP contribution < -0.4 is 33.2 Å². The van der Waals surface area contributed by atoms with Crippen molar-refractivity contribution in [3.8, 4) is 0 Å². The van der Waals surface area contributed by atoms with Crippen molar-refractivity contribution in [1.82, 2.24) is 16.0 Å². The molecule has 0 aliphatic rings. The van der Waals surface area contributed by atoms with E-state index in [1.807, 2.05) is 0 Å². The predicted octanol–water partition coefficient (Wildman–Crippen LogP) is -3.58. The van der Waals surface area contributed by atoms with Gasteiger partial charge in [0.05, 0.1) is 12.5 Å². The third-order valence-corrected chi connectivity index (χ3v) is 4.49. The molecule has 0 bridgehead atoms. The van der Waals surface area contributed by atoms with E-state index in [0.717, 1.165) is 0 Å². The number of aliphatic carboxylic acids is 1. The third-order valence-electron chi connectivity index (χ3n) is 4.49. The summed E-state index contributed by atoms with van der Waals surface area (Å²) in [5, 5.41) is 25.5. The maximum absolute atomic E-state index is 12.8. The van der Waals surface area contributed by atoms with Gasteiger partial charge in [0.2, 0.25) is 29.5 Å². The maximum Gasteiger partial charge on any atom is 0.326 e. The lowest BCUT2D eigenvalue weighted by atomic mass is 10.0. The van der Waals surface area contributed by atoms with Gasteiger partial charge in [-0.15, -0.1) is 0 Å². The summed E-state index contributed by atoms with van der Waals surface area (Å²) in [5.41, 5.74) is 15.7. The first-order valence-electron chi connectivity index (χ1n) is 10.3. The fraction of sp³-hybridized carbons (Fsp3) is 0.684. The molecule has 14 nitrogen and oxygen atoms in total. The number of carboxylic acids is 1. The molecule has 0 aliphatic carbocycles.